The molecule has 1 spiro atoms. The number of ether oxygens (including phenoxy) is 1. The summed E-state index contributed by atoms with van der Waals surface area (Å²) in [7, 11) is 1.71. The highest BCUT2D eigenvalue weighted by Crippen LogP contribution is 2.40. The fourth-order valence-corrected chi connectivity index (χ4v) is 5.62. The Kier molecular flexibility index (Phi) is 5.27. The van der Waals surface area contributed by atoms with Crippen LogP contribution in [0.15, 0.2) is 28.8 Å². The third-order valence-electron chi connectivity index (χ3n) is 7.16. The van der Waals surface area contributed by atoms with Crippen LogP contribution >= 0.6 is 0 Å². The average molecular weight is 410 g/mol. The van der Waals surface area contributed by atoms with Crippen LogP contribution in [0.5, 0.6) is 5.75 Å². The maximum absolute atomic E-state index is 13.2. The van der Waals surface area contributed by atoms with Crippen LogP contribution in [0.25, 0.3) is 0 Å². The zero-order valence-electron chi connectivity index (χ0n) is 17.9. The van der Waals surface area contributed by atoms with Crippen LogP contribution in [-0.4, -0.2) is 54.2 Å². The van der Waals surface area contributed by atoms with Crippen LogP contribution in [0.4, 0.5) is 0 Å². The summed E-state index contributed by atoms with van der Waals surface area (Å²) in [6.07, 6.45) is 7.55. The number of hydrogen-bond donors (Lipinski definition) is 0. The Balaban J connectivity index is 1.26. The fourth-order valence-electron chi connectivity index (χ4n) is 5.62. The van der Waals surface area contributed by atoms with Gasteiger partial charge < -0.3 is 14.2 Å². The Morgan fingerprint density at radius 2 is 2.07 bits per heavy atom. The van der Waals surface area contributed by atoms with E-state index in [2.05, 4.69) is 28.3 Å². The molecule has 2 fully saturated rings. The molecule has 1 aliphatic carbocycles. The first kappa shape index (κ1) is 19.6. The van der Waals surface area contributed by atoms with Crippen molar-refractivity contribution in [3.63, 3.8) is 0 Å². The summed E-state index contributed by atoms with van der Waals surface area (Å²) in [6, 6.07) is 8.34. The number of carbonyl (C=O) groups is 1. The second kappa shape index (κ2) is 8.06. The van der Waals surface area contributed by atoms with Crippen LogP contribution in [-0.2, 0) is 19.4 Å². The summed E-state index contributed by atoms with van der Waals surface area (Å²) in [5, 5.41) is 4.17. The van der Waals surface area contributed by atoms with Gasteiger partial charge in [-0.25, -0.2) is 0 Å². The molecule has 1 atom stereocenters. The molecule has 2 aromatic rings. The average Bonchev–Trinajstić information content (AvgIpc) is 3.38. The Morgan fingerprint density at radius 3 is 2.97 bits per heavy atom. The molecule has 30 heavy (non-hydrogen) atoms. The summed E-state index contributed by atoms with van der Waals surface area (Å²) >= 11 is 0. The van der Waals surface area contributed by atoms with Gasteiger partial charge in [-0.3, -0.25) is 9.69 Å². The molecule has 1 amide bonds. The molecule has 3 heterocycles. The molecule has 0 bridgehead atoms. The van der Waals surface area contributed by atoms with Crippen molar-refractivity contribution in [2.75, 3.05) is 33.3 Å². The summed E-state index contributed by atoms with van der Waals surface area (Å²) in [5.74, 6) is 1.91. The van der Waals surface area contributed by atoms with E-state index >= 15 is 0 Å². The molecule has 0 saturated carbocycles. The van der Waals surface area contributed by atoms with Gasteiger partial charge in [-0.15, -0.1) is 0 Å². The van der Waals surface area contributed by atoms with E-state index in [-0.39, 0.29) is 11.3 Å². The lowest BCUT2D eigenvalue weighted by atomic mass is 9.79. The Hall–Kier alpha value is -2.34. The van der Waals surface area contributed by atoms with E-state index in [0.717, 1.165) is 81.9 Å². The molecule has 0 radical (unpaired) electrons. The number of amides is 1. The Labute approximate surface area is 178 Å². The summed E-state index contributed by atoms with van der Waals surface area (Å²) in [5.41, 5.74) is 3.13. The molecular formula is C24H31N3O3. The summed E-state index contributed by atoms with van der Waals surface area (Å²) in [6.45, 7) is 4.76. The molecule has 0 N–H and O–H groups in total. The Bertz CT molecular complexity index is 924. The number of rotatable bonds is 4. The summed E-state index contributed by atoms with van der Waals surface area (Å²) < 4.78 is 10.9. The first-order chi connectivity index (χ1) is 14.7. The molecule has 5 rings (SSSR count). The molecule has 1 aromatic carbocycles. The minimum atomic E-state index is 0.0729. The van der Waals surface area contributed by atoms with E-state index in [9.17, 15) is 4.79 Å². The minimum Gasteiger partial charge on any atom is -0.497 e. The second-order valence-corrected chi connectivity index (χ2v) is 9.28. The van der Waals surface area contributed by atoms with E-state index < -0.39 is 0 Å². The van der Waals surface area contributed by atoms with Crippen LogP contribution in [0.1, 0.15) is 59.5 Å². The van der Waals surface area contributed by atoms with Crippen molar-refractivity contribution in [1.82, 2.24) is 15.0 Å². The van der Waals surface area contributed by atoms with Crippen molar-refractivity contribution < 1.29 is 14.1 Å². The smallest absolute Gasteiger partial charge is 0.276 e. The molecule has 6 heteroatoms. The zero-order chi connectivity index (χ0) is 20.6. The van der Waals surface area contributed by atoms with Crippen molar-refractivity contribution in [1.29, 1.82) is 0 Å². The first-order valence-corrected chi connectivity index (χ1v) is 11.3. The number of aryl methyl sites for hydroxylation is 1. The number of carbonyl (C=O) groups excluding carboxylic acids is 1. The standard InChI is InChI=1S/C24H31N3O3/c1-29-19-7-4-6-18(14-19)15-26-12-5-10-24(16-26)11-13-27(17-24)23(28)22-20-8-2-3-9-21(20)30-25-22/h4,6-7,14H,2-3,5,8-13,15-17H2,1H3/t24-/m0/s1. The van der Waals surface area contributed by atoms with Crippen LogP contribution < -0.4 is 4.74 Å². The zero-order valence-corrected chi connectivity index (χ0v) is 17.9. The minimum absolute atomic E-state index is 0.0729. The monoisotopic (exact) mass is 409 g/mol. The fraction of sp³-hybridized carbons (Fsp3) is 0.583. The lowest BCUT2D eigenvalue weighted by molar-refractivity contribution is 0.0666. The van der Waals surface area contributed by atoms with E-state index in [1.54, 1.807) is 7.11 Å². The molecule has 2 aliphatic heterocycles. The first-order valence-electron chi connectivity index (χ1n) is 11.3. The molecule has 1 aromatic heterocycles. The van der Waals surface area contributed by atoms with Crippen molar-refractivity contribution in [2.24, 2.45) is 5.41 Å². The number of hydrogen-bond acceptors (Lipinski definition) is 5. The van der Waals surface area contributed by atoms with Gasteiger partial charge in [0.2, 0.25) is 0 Å². The molecular weight excluding hydrogens is 378 g/mol. The van der Waals surface area contributed by atoms with Crippen molar-refractivity contribution in [3.05, 3.63) is 46.8 Å². The quantitative estimate of drug-likeness (QED) is 0.771. The molecule has 0 unspecified atom stereocenters. The third-order valence-corrected chi connectivity index (χ3v) is 7.16. The molecule has 2 saturated heterocycles. The summed E-state index contributed by atoms with van der Waals surface area (Å²) in [4.78, 5) is 17.8. The maximum Gasteiger partial charge on any atom is 0.276 e. The Morgan fingerprint density at radius 1 is 1.17 bits per heavy atom. The van der Waals surface area contributed by atoms with E-state index in [1.807, 2.05) is 11.0 Å². The van der Waals surface area contributed by atoms with E-state index in [0.29, 0.717) is 5.69 Å². The molecule has 3 aliphatic rings. The van der Waals surface area contributed by atoms with Crippen LogP contribution in [0.3, 0.4) is 0 Å². The van der Waals surface area contributed by atoms with E-state index in [1.165, 1.54) is 18.4 Å². The highest BCUT2D eigenvalue weighted by molar-refractivity contribution is 5.94. The molecule has 6 nitrogen and oxygen atoms in total. The van der Waals surface area contributed by atoms with E-state index in [4.69, 9.17) is 9.26 Å². The number of fused-ring (bicyclic) bond motifs is 1. The van der Waals surface area contributed by atoms with Gasteiger partial charge in [0.1, 0.15) is 11.5 Å². The van der Waals surface area contributed by atoms with Crippen LogP contribution in [0.2, 0.25) is 0 Å². The highest BCUT2D eigenvalue weighted by Gasteiger charge is 2.43. The largest absolute Gasteiger partial charge is 0.497 e. The number of methoxy groups -OCH3 is 1. The number of likely N-dealkylation sites (tertiary alicyclic amines) is 2. The van der Waals surface area contributed by atoms with Crippen LogP contribution in [0, 0.1) is 5.41 Å². The molecule has 160 valence electrons. The van der Waals surface area contributed by atoms with Gasteiger partial charge in [0.05, 0.1) is 7.11 Å². The third kappa shape index (κ3) is 3.73. The van der Waals surface area contributed by atoms with Crippen molar-refractivity contribution >= 4 is 5.91 Å². The predicted molar refractivity (Wildman–Crippen MR) is 114 cm³/mol. The van der Waals surface area contributed by atoms with Crippen molar-refractivity contribution in [2.45, 2.75) is 51.5 Å². The van der Waals surface area contributed by atoms with Gasteiger partial charge >= 0.3 is 0 Å². The number of benzene rings is 1. The SMILES string of the molecule is COc1cccc(CN2CCC[C@]3(CCN(C(=O)c4noc5c4CCCC5)C3)C2)c1. The van der Waals surface area contributed by atoms with Gasteiger partial charge in [-0.1, -0.05) is 17.3 Å². The second-order valence-electron chi connectivity index (χ2n) is 9.28. The van der Waals surface area contributed by atoms with Gasteiger partial charge in [0.15, 0.2) is 5.69 Å². The number of aromatic nitrogens is 1. The highest BCUT2D eigenvalue weighted by atomic mass is 16.5. The van der Waals surface area contributed by atoms with Gasteiger partial charge in [0, 0.05) is 43.6 Å². The van der Waals surface area contributed by atoms with Gasteiger partial charge in [0.25, 0.3) is 5.91 Å². The normalized spacial score (nSPS) is 24.2. The van der Waals surface area contributed by atoms with Gasteiger partial charge in [-0.05, 0) is 62.8 Å². The predicted octanol–water partition coefficient (Wildman–Crippen LogP) is 3.69. The topological polar surface area (TPSA) is 58.8 Å². The lowest BCUT2D eigenvalue weighted by Gasteiger charge is -2.40. The maximum atomic E-state index is 13.2. The lowest BCUT2D eigenvalue weighted by Crippen LogP contribution is -2.45. The van der Waals surface area contributed by atoms with Crippen molar-refractivity contribution in [3.8, 4) is 5.75 Å². The number of piperidine rings is 1. The van der Waals surface area contributed by atoms with Gasteiger partial charge in [-0.2, -0.15) is 0 Å². The number of nitrogens with zero attached hydrogens (tertiary/aromatic N) is 3.